The summed E-state index contributed by atoms with van der Waals surface area (Å²) in [7, 11) is 1.97. The van der Waals surface area contributed by atoms with Crippen molar-refractivity contribution < 1.29 is 9.90 Å². The highest BCUT2D eigenvalue weighted by Crippen LogP contribution is 2.22. The summed E-state index contributed by atoms with van der Waals surface area (Å²) >= 11 is 1.26. The molecule has 0 unspecified atom stereocenters. The van der Waals surface area contributed by atoms with Gasteiger partial charge in [0.05, 0.1) is 0 Å². The van der Waals surface area contributed by atoms with Crippen molar-refractivity contribution in [2.75, 3.05) is 18.5 Å². The normalized spacial score (nSPS) is 10.3. The number of carboxylic acid groups (broad SMARTS) is 1. The summed E-state index contributed by atoms with van der Waals surface area (Å²) in [6.45, 7) is 0.847. The highest BCUT2D eigenvalue weighted by Gasteiger charge is 2.09. The van der Waals surface area contributed by atoms with Gasteiger partial charge in [-0.25, -0.2) is 4.79 Å². The molecule has 0 spiro atoms. The first-order valence-electron chi connectivity index (χ1n) is 5.58. The maximum atomic E-state index is 10.8. The average Bonchev–Trinajstić information content (AvgIpc) is 2.87. The lowest BCUT2D eigenvalue weighted by Crippen LogP contribution is -2.19. The zero-order chi connectivity index (χ0) is 13.0. The molecule has 2 aromatic heterocycles. The molecule has 0 bridgehead atoms. The molecular weight excluding hydrogens is 248 g/mol. The second kappa shape index (κ2) is 5.64. The number of hydrogen-bond donors (Lipinski definition) is 1. The fraction of sp³-hybridized carbons (Fsp3) is 0.231. The number of rotatable bonds is 5. The minimum Gasteiger partial charge on any atom is -0.477 e. The second-order valence-electron chi connectivity index (χ2n) is 4.00. The van der Waals surface area contributed by atoms with Gasteiger partial charge >= 0.3 is 5.97 Å². The Kier molecular flexibility index (Phi) is 3.94. The zero-order valence-corrected chi connectivity index (χ0v) is 10.9. The highest BCUT2D eigenvalue weighted by molar-refractivity contribution is 7.12. The Bertz CT molecular complexity index is 525. The van der Waals surface area contributed by atoms with Gasteiger partial charge in [0.15, 0.2) is 0 Å². The van der Waals surface area contributed by atoms with Crippen molar-refractivity contribution in [2.45, 2.75) is 6.42 Å². The van der Waals surface area contributed by atoms with Crippen LogP contribution >= 0.6 is 11.3 Å². The van der Waals surface area contributed by atoms with Crippen molar-refractivity contribution in [3.63, 3.8) is 0 Å². The summed E-state index contributed by atoms with van der Waals surface area (Å²) in [5.74, 6) is -0.867. The van der Waals surface area contributed by atoms with Crippen LogP contribution in [0.2, 0.25) is 0 Å². The largest absolute Gasteiger partial charge is 0.477 e. The van der Waals surface area contributed by atoms with Crippen LogP contribution in [0.25, 0.3) is 0 Å². The van der Waals surface area contributed by atoms with Crippen LogP contribution in [0, 0.1) is 0 Å². The summed E-state index contributed by atoms with van der Waals surface area (Å²) < 4.78 is 0. The Balaban J connectivity index is 1.95. The number of nitrogens with zero attached hydrogens (tertiary/aromatic N) is 2. The number of hydrogen-bond acceptors (Lipinski definition) is 4. The Labute approximate surface area is 110 Å². The van der Waals surface area contributed by atoms with Crippen molar-refractivity contribution in [2.24, 2.45) is 0 Å². The van der Waals surface area contributed by atoms with E-state index in [0.717, 1.165) is 18.7 Å². The minimum atomic E-state index is -0.867. The first-order valence-corrected chi connectivity index (χ1v) is 6.46. The molecule has 0 atom stereocenters. The number of pyridine rings is 1. The molecule has 2 rings (SSSR count). The molecule has 18 heavy (non-hydrogen) atoms. The second-order valence-corrected chi connectivity index (χ2v) is 4.91. The third-order valence-electron chi connectivity index (χ3n) is 2.72. The summed E-state index contributed by atoms with van der Waals surface area (Å²) in [4.78, 5) is 17.2. The molecule has 0 radical (unpaired) electrons. The molecule has 0 saturated heterocycles. The Morgan fingerprint density at radius 2 is 2.17 bits per heavy atom. The third kappa shape index (κ3) is 3.07. The molecular formula is C13H14N2O2S. The SMILES string of the molecule is CN(CCc1ccncc1)c1csc(C(=O)O)c1. The number of aromatic nitrogens is 1. The molecule has 0 amide bonds. The van der Waals surface area contributed by atoms with Gasteiger partial charge < -0.3 is 10.0 Å². The van der Waals surface area contributed by atoms with Crippen LogP contribution in [0.1, 0.15) is 15.2 Å². The topological polar surface area (TPSA) is 53.4 Å². The van der Waals surface area contributed by atoms with Gasteiger partial charge in [0.1, 0.15) is 4.88 Å². The molecule has 2 heterocycles. The van der Waals surface area contributed by atoms with E-state index < -0.39 is 5.97 Å². The van der Waals surface area contributed by atoms with Gasteiger partial charge in [-0.1, -0.05) is 0 Å². The van der Waals surface area contributed by atoms with Crippen LogP contribution in [-0.2, 0) is 6.42 Å². The van der Waals surface area contributed by atoms with E-state index in [1.165, 1.54) is 16.9 Å². The average molecular weight is 262 g/mol. The molecule has 0 saturated carbocycles. The number of carboxylic acids is 1. The van der Waals surface area contributed by atoms with Gasteiger partial charge in [0, 0.05) is 37.1 Å². The van der Waals surface area contributed by atoms with Crippen molar-refractivity contribution in [3.05, 3.63) is 46.4 Å². The standard InChI is InChI=1S/C13H14N2O2S/c1-15(7-4-10-2-5-14-6-3-10)11-8-12(13(16)17)18-9-11/h2-3,5-6,8-9H,4,7H2,1H3,(H,16,17). The highest BCUT2D eigenvalue weighted by atomic mass is 32.1. The number of carbonyl (C=O) groups is 1. The number of thiophene rings is 1. The molecule has 5 heteroatoms. The molecule has 0 aliphatic rings. The molecule has 0 aliphatic carbocycles. The van der Waals surface area contributed by atoms with Crippen molar-refractivity contribution >= 4 is 23.0 Å². The first-order chi connectivity index (χ1) is 8.66. The predicted octanol–water partition coefficient (Wildman–Crippen LogP) is 2.52. The lowest BCUT2D eigenvalue weighted by atomic mass is 10.2. The summed E-state index contributed by atoms with van der Waals surface area (Å²) in [6.07, 6.45) is 4.47. The number of aromatic carboxylic acids is 1. The van der Waals surface area contributed by atoms with Crippen molar-refractivity contribution in [1.29, 1.82) is 0 Å². The van der Waals surface area contributed by atoms with E-state index in [9.17, 15) is 4.79 Å². The van der Waals surface area contributed by atoms with Gasteiger partial charge in [-0.15, -0.1) is 11.3 Å². The molecule has 2 aromatic rings. The monoisotopic (exact) mass is 262 g/mol. The third-order valence-corrected chi connectivity index (χ3v) is 3.63. The Morgan fingerprint density at radius 1 is 1.44 bits per heavy atom. The van der Waals surface area contributed by atoms with E-state index in [1.54, 1.807) is 18.5 Å². The van der Waals surface area contributed by atoms with Crippen LogP contribution in [0.4, 0.5) is 5.69 Å². The first kappa shape index (κ1) is 12.6. The minimum absolute atomic E-state index is 0.376. The van der Waals surface area contributed by atoms with E-state index in [0.29, 0.717) is 4.88 Å². The van der Waals surface area contributed by atoms with Crippen LogP contribution in [-0.4, -0.2) is 29.7 Å². The Hall–Kier alpha value is -1.88. The summed E-state index contributed by atoms with van der Waals surface area (Å²) in [5, 5.41) is 10.7. The van der Waals surface area contributed by atoms with Gasteiger partial charge in [0.2, 0.25) is 0 Å². The van der Waals surface area contributed by atoms with Crippen LogP contribution in [0.3, 0.4) is 0 Å². The van der Waals surface area contributed by atoms with Gasteiger partial charge in [-0.2, -0.15) is 0 Å². The Morgan fingerprint density at radius 3 is 2.78 bits per heavy atom. The number of anilines is 1. The van der Waals surface area contributed by atoms with Gasteiger partial charge in [-0.3, -0.25) is 4.98 Å². The van der Waals surface area contributed by atoms with Crippen LogP contribution in [0.5, 0.6) is 0 Å². The maximum absolute atomic E-state index is 10.8. The fourth-order valence-corrected chi connectivity index (χ4v) is 2.40. The maximum Gasteiger partial charge on any atom is 0.345 e. The molecule has 94 valence electrons. The smallest absolute Gasteiger partial charge is 0.345 e. The van der Waals surface area contributed by atoms with Crippen LogP contribution < -0.4 is 4.90 Å². The van der Waals surface area contributed by atoms with Gasteiger partial charge in [0.25, 0.3) is 0 Å². The quantitative estimate of drug-likeness (QED) is 0.899. The van der Waals surface area contributed by atoms with Gasteiger partial charge in [-0.05, 0) is 30.2 Å². The van der Waals surface area contributed by atoms with Crippen LogP contribution in [0.15, 0.2) is 36.0 Å². The fourth-order valence-electron chi connectivity index (χ4n) is 1.61. The zero-order valence-electron chi connectivity index (χ0n) is 10.0. The van der Waals surface area contributed by atoms with E-state index in [1.807, 2.05) is 24.6 Å². The lowest BCUT2D eigenvalue weighted by molar-refractivity contribution is 0.0702. The number of likely N-dealkylation sites (N-methyl/N-ethyl adjacent to an activating group) is 1. The molecule has 4 nitrogen and oxygen atoms in total. The molecule has 1 N–H and O–H groups in total. The molecule has 0 aliphatic heterocycles. The van der Waals surface area contributed by atoms with E-state index in [4.69, 9.17) is 5.11 Å². The van der Waals surface area contributed by atoms with E-state index >= 15 is 0 Å². The lowest BCUT2D eigenvalue weighted by Gasteiger charge is -2.17. The molecule has 0 aromatic carbocycles. The molecule has 0 fully saturated rings. The van der Waals surface area contributed by atoms with Crippen molar-refractivity contribution in [3.8, 4) is 0 Å². The summed E-state index contributed by atoms with van der Waals surface area (Å²) in [6, 6.07) is 5.69. The van der Waals surface area contributed by atoms with E-state index in [-0.39, 0.29) is 0 Å². The van der Waals surface area contributed by atoms with E-state index in [2.05, 4.69) is 9.88 Å². The van der Waals surface area contributed by atoms with Crippen molar-refractivity contribution in [1.82, 2.24) is 4.98 Å². The summed E-state index contributed by atoms with van der Waals surface area (Å²) in [5.41, 5.74) is 2.18. The predicted molar refractivity (Wildman–Crippen MR) is 72.5 cm³/mol.